The Hall–Kier alpha value is -1.07. The molecule has 1 heterocycles. The van der Waals surface area contributed by atoms with Gasteiger partial charge in [0, 0.05) is 33.2 Å². The van der Waals surface area contributed by atoms with Crippen molar-refractivity contribution in [1.82, 2.24) is 14.9 Å². The van der Waals surface area contributed by atoms with Gasteiger partial charge in [-0.1, -0.05) is 12.8 Å². The number of hydrogen-bond acceptors (Lipinski definition) is 4. The summed E-state index contributed by atoms with van der Waals surface area (Å²) in [5.74, 6) is 0.955. The third-order valence-electron chi connectivity index (χ3n) is 3.97. The molecule has 0 saturated heterocycles. The number of nitrogens with one attached hydrogen (secondary N) is 1. The Kier molecular flexibility index (Phi) is 3.92. The van der Waals surface area contributed by atoms with Crippen LogP contribution in [-0.4, -0.2) is 40.9 Å². The lowest BCUT2D eigenvalue weighted by Gasteiger charge is -2.28. The summed E-state index contributed by atoms with van der Waals surface area (Å²) in [6, 6.07) is 0. The van der Waals surface area contributed by atoms with Crippen LogP contribution in [0.25, 0.3) is 0 Å². The van der Waals surface area contributed by atoms with Crippen LogP contribution in [0.15, 0.2) is 6.20 Å². The molecule has 0 bridgehead atoms. The molecule has 18 heavy (non-hydrogen) atoms. The fourth-order valence-corrected chi connectivity index (χ4v) is 2.73. The van der Waals surface area contributed by atoms with E-state index in [0.29, 0.717) is 0 Å². The van der Waals surface area contributed by atoms with E-state index in [1.54, 1.807) is 0 Å². The van der Waals surface area contributed by atoms with E-state index in [4.69, 9.17) is 0 Å². The molecule has 0 aromatic carbocycles. The van der Waals surface area contributed by atoms with Gasteiger partial charge in [-0.25, -0.2) is 4.98 Å². The predicted octanol–water partition coefficient (Wildman–Crippen LogP) is 0.881. The summed E-state index contributed by atoms with van der Waals surface area (Å²) < 4.78 is 2.09. The SMILES string of the molecule is CN(C)c1ncc(CNC2(CO)CCCC2)n1C. The largest absolute Gasteiger partial charge is 0.394 e. The van der Waals surface area contributed by atoms with E-state index in [-0.39, 0.29) is 12.1 Å². The summed E-state index contributed by atoms with van der Waals surface area (Å²) in [6.07, 6.45) is 6.47. The first kappa shape index (κ1) is 13.4. The smallest absolute Gasteiger partial charge is 0.204 e. The Balaban J connectivity index is 2.02. The Labute approximate surface area is 109 Å². The van der Waals surface area contributed by atoms with Crippen LogP contribution >= 0.6 is 0 Å². The minimum Gasteiger partial charge on any atom is -0.394 e. The van der Waals surface area contributed by atoms with Crippen molar-refractivity contribution in [3.05, 3.63) is 11.9 Å². The first-order chi connectivity index (χ1) is 8.58. The number of rotatable bonds is 5. The van der Waals surface area contributed by atoms with E-state index in [1.165, 1.54) is 12.8 Å². The van der Waals surface area contributed by atoms with E-state index in [9.17, 15) is 5.11 Å². The fraction of sp³-hybridized carbons (Fsp3) is 0.769. The Morgan fingerprint density at radius 2 is 2.11 bits per heavy atom. The molecule has 0 spiro atoms. The lowest BCUT2D eigenvalue weighted by atomic mass is 9.99. The fourth-order valence-electron chi connectivity index (χ4n) is 2.73. The van der Waals surface area contributed by atoms with Crippen molar-refractivity contribution in [2.24, 2.45) is 7.05 Å². The van der Waals surface area contributed by atoms with Crippen LogP contribution in [0.4, 0.5) is 5.95 Å². The molecule has 5 nitrogen and oxygen atoms in total. The summed E-state index contributed by atoms with van der Waals surface area (Å²) in [5.41, 5.74) is 1.08. The second-order valence-electron chi connectivity index (χ2n) is 5.50. The van der Waals surface area contributed by atoms with Gasteiger partial charge in [0.15, 0.2) is 0 Å². The number of aromatic nitrogens is 2. The average Bonchev–Trinajstić information content (AvgIpc) is 2.94. The minimum atomic E-state index is -0.0669. The van der Waals surface area contributed by atoms with Crippen molar-refractivity contribution in [3.8, 4) is 0 Å². The monoisotopic (exact) mass is 252 g/mol. The van der Waals surface area contributed by atoms with Crippen molar-refractivity contribution in [2.45, 2.75) is 37.8 Å². The molecule has 1 aromatic heterocycles. The second kappa shape index (κ2) is 5.28. The van der Waals surface area contributed by atoms with E-state index in [2.05, 4.69) is 14.9 Å². The number of anilines is 1. The first-order valence-corrected chi connectivity index (χ1v) is 6.62. The van der Waals surface area contributed by atoms with Crippen LogP contribution in [0.3, 0.4) is 0 Å². The van der Waals surface area contributed by atoms with Crippen molar-refractivity contribution in [2.75, 3.05) is 25.6 Å². The number of hydrogen-bond donors (Lipinski definition) is 2. The highest BCUT2D eigenvalue weighted by Gasteiger charge is 2.32. The van der Waals surface area contributed by atoms with Crippen LogP contribution in [0.2, 0.25) is 0 Å². The van der Waals surface area contributed by atoms with Gasteiger partial charge >= 0.3 is 0 Å². The van der Waals surface area contributed by atoms with Gasteiger partial charge in [-0.3, -0.25) is 0 Å². The van der Waals surface area contributed by atoms with Crippen LogP contribution < -0.4 is 10.2 Å². The molecule has 1 saturated carbocycles. The summed E-state index contributed by atoms with van der Waals surface area (Å²) in [4.78, 5) is 6.40. The van der Waals surface area contributed by atoms with Crippen LogP contribution in [0, 0.1) is 0 Å². The van der Waals surface area contributed by atoms with E-state index in [1.807, 2.05) is 32.2 Å². The Morgan fingerprint density at radius 3 is 2.61 bits per heavy atom. The first-order valence-electron chi connectivity index (χ1n) is 6.62. The second-order valence-corrected chi connectivity index (χ2v) is 5.50. The zero-order valence-electron chi connectivity index (χ0n) is 11.6. The minimum absolute atomic E-state index is 0.0669. The highest BCUT2D eigenvalue weighted by atomic mass is 16.3. The summed E-state index contributed by atoms with van der Waals surface area (Å²) >= 11 is 0. The van der Waals surface area contributed by atoms with Gasteiger partial charge in [0.05, 0.1) is 18.5 Å². The van der Waals surface area contributed by atoms with Gasteiger partial charge < -0.3 is 19.9 Å². The number of aliphatic hydroxyl groups is 1. The summed E-state index contributed by atoms with van der Waals surface area (Å²) in [7, 11) is 6.01. The van der Waals surface area contributed by atoms with E-state index < -0.39 is 0 Å². The molecule has 0 amide bonds. The topological polar surface area (TPSA) is 53.3 Å². The highest BCUT2D eigenvalue weighted by Crippen LogP contribution is 2.29. The van der Waals surface area contributed by atoms with Gasteiger partial charge in [-0.05, 0) is 12.8 Å². The quantitative estimate of drug-likeness (QED) is 0.817. The molecule has 2 rings (SSSR count). The Morgan fingerprint density at radius 1 is 1.44 bits per heavy atom. The van der Waals surface area contributed by atoms with E-state index in [0.717, 1.165) is 31.0 Å². The Bertz CT molecular complexity index is 394. The molecular formula is C13H24N4O. The molecule has 2 N–H and O–H groups in total. The maximum Gasteiger partial charge on any atom is 0.204 e. The third-order valence-corrected chi connectivity index (χ3v) is 3.97. The van der Waals surface area contributed by atoms with Crippen molar-refractivity contribution >= 4 is 5.95 Å². The van der Waals surface area contributed by atoms with Crippen LogP contribution in [0.5, 0.6) is 0 Å². The highest BCUT2D eigenvalue weighted by molar-refractivity contribution is 5.31. The maximum atomic E-state index is 9.56. The van der Waals surface area contributed by atoms with Gasteiger partial charge in [-0.15, -0.1) is 0 Å². The summed E-state index contributed by atoms with van der Waals surface area (Å²) in [5, 5.41) is 13.1. The standard InChI is InChI=1S/C13H24N4O/c1-16(2)12-14-8-11(17(12)3)9-15-13(10-18)6-4-5-7-13/h8,15,18H,4-7,9-10H2,1-3H3. The van der Waals surface area contributed by atoms with E-state index >= 15 is 0 Å². The molecular weight excluding hydrogens is 228 g/mol. The molecule has 0 unspecified atom stereocenters. The van der Waals surface area contributed by atoms with Crippen molar-refractivity contribution < 1.29 is 5.11 Å². The van der Waals surface area contributed by atoms with Gasteiger partial charge in [0.1, 0.15) is 0 Å². The van der Waals surface area contributed by atoms with Crippen molar-refractivity contribution in [1.29, 1.82) is 0 Å². The number of nitrogens with zero attached hydrogens (tertiary/aromatic N) is 3. The van der Waals surface area contributed by atoms with Crippen LogP contribution in [-0.2, 0) is 13.6 Å². The predicted molar refractivity (Wildman–Crippen MR) is 72.7 cm³/mol. The lowest BCUT2D eigenvalue weighted by molar-refractivity contribution is 0.162. The number of imidazole rings is 1. The lowest BCUT2D eigenvalue weighted by Crippen LogP contribution is -2.45. The molecule has 1 aromatic rings. The molecule has 1 aliphatic carbocycles. The molecule has 1 aliphatic rings. The normalized spacial score (nSPS) is 18.2. The summed E-state index contributed by atoms with van der Waals surface area (Å²) in [6.45, 7) is 0.989. The zero-order chi connectivity index (χ0) is 13.2. The zero-order valence-corrected chi connectivity index (χ0v) is 11.6. The van der Waals surface area contributed by atoms with Gasteiger partial charge in [0.2, 0.25) is 5.95 Å². The van der Waals surface area contributed by atoms with Gasteiger partial charge in [0.25, 0.3) is 0 Å². The molecule has 0 radical (unpaired) electrons. The molecule has 0 atom stereocenters. The molecule has 0 aliphatic heterocycles. The molecule has 102 valence electrons. The molecule has 5 heteroatoms. The van der Waals surface area contributed by atoms with Crippen LogP contribution in [0.1, 0.15) is 31.4 Å². The van der Waals surface area contributed by atoms with Crippen molar-refractivity contribution in [3.63, 3.8) is 0 Å². The average molecular weight is 252 g/mol. The van der Waals surface area contributed by atoms with Gasteiger partial charge in [-0.2, -0.15) is 0 Å². The maximum absolute atomic E-state index is 9.56. The molecule has 1 fully saturated rings. The number of aliphatic hydroxyl groups excluding tert-OH is 1. The third kappa shape index (κ3) is 2.52.